The highest BCUT2D eigenvalue weighted by molar-refractivity contribution is 9.10. The standard InChI is InChI=1S/C20H17BrCl2NO2PS/c21-13-6-14(22)19(15(23)7-13)20(25)16-8-18(28-11-27)17(9-24-16)26-10-12-4-2-1-3-5-12/h1-9,20,25H,10-11,27H2. The van der Waals surface area contributed by atoms with Gasteiger partial charge >= 0.3 is 0 Å². The molecule has 2 unspecified atom stereocenters. The van der Waals surface area contributed by atoms with Gasteiger partial charge in [0.25, 0.3) is 0 Å². The van der Waals surface area contributed by atoms with Crippen LogP contribution in [0.25, 0.3) is 0 Å². The molecule has 1 N–H and O–H groups in total. The van der Waals surface area contributed by atoms with Crippen LogP contribution in [0.15, 0.2) is 64.1 Å². The summed E-state index contributed by atoms with van der Waals surface area (Å²) in [6.07, 6.45) is 0.588. The normalized spacial score (nSPS) is 12.0. The maximum absolute atomic E-state index is 10.8. The first-order valence-electron chi connectivity index (χ1n) is 8.31. The van der Waals surface area contributed by atoms with E-state index in [1.807, 2.05) is 36.4 Å². The van der Waals surface area contributed by atoms with Crippen LogP contribution in [0.3, 0.4) is 0 Å². The van der Waals surface area contributed by atoms with E-state index in [2.05, 4.69) is 30.2 Å². The Hall–Kier alpha value is -0.810. The minimum atomic E-state index is -1.04. The fourth-order valence-electron chi connectivity index (χ4n) is 2.60. The van der Waals surface area contributed by atoms with Gasteiger partial charge in [-0.3, -0.25) is 4.98 Å². The maximum atomic E-state index is 10.8. The lowest BCUT2D eigenvalue weighted by Crippen LogP contribution is -2.06. The van der Waals surface area contributed by atoms with Gasteiger partial charge in [-0.25, -0.2) is 0 Å². The molecule has 1 heterocycles. The minimum absolute atomic E-state index is 0.373. The van der Waals surface area contributed by atoms with Gasteiger partial charge in [0.05, 0.1) is 16.8 Å². The second kappa shape index (κ2) is 10.3. The van der Waals surface area contributed by atoms with Crippen LogP contribution in [0.2, 0.25) is 10.0 Å². The van der Waals surface area contributed by atoms with E-state index in [0.717, 1.165) is 20.4 Å². The second-order valence-corrected chi connectivity index (χ2v) is 9.62. The number of hydrogen-bond acceptors (Lipinski definition) is 4. The van der Waals surface area contributed by atoms with Crippen molar-refractivity contribution in [2.75, 3.05) is 5.49 Å². The Kier molecular flexibility index (Phi) is 8.04. The molecule has 0 bridgehead atoms. The summed E-state index contributed by atoms with van der Waals surface area (Å²) in [7, 11) is 2.67. The van der Waals surface area contributed by atoms with Crippen molar-refractivity contribution in [3.8, 4) is 5.75 Å². The Morgan fingerprint density at radius 2 is 1.82 bits per heavy atom. The van der Waals surface area contributed by atoms with Gasteiger partial charge in [-0.1, -0.05) is 69.5 Å². The number of nitrogens with zero attached hydrogens (tertiary/aromatic N) is 1. The maximum Gasteiger partial charge on any atom is 0.151 e. The molecule has 8 heteroatoms. The number of aliphatic hydroxyl groups is 1. The average molecular weight is 517 g/mol. The van der Waals surface area contributed by atoms with Gasteiger partial charge in [0.15, 0.2) is 5.75 Å². The zero-order valence-electron chi connectivity index (χ0n) is 14.6. The van der Waals surface area contributed by atoms with E-state index in [1.165, 1.54) is 0 Å². The molecule has 146 valence electrons. The highest BCUT2D eigenvalue weighted by atomic mass is 79.9. The van der Waals surface area contributed by atoms with E-state index in [9.17, 15) is 5.11 Å². The van der Waals surface area contributed by atoms with Crippen molar-refractivity contribution in [3.63, 3.8) is 0 Å². The summed E-state index contributed by atoms with van der Waals surface area (Å²) in [4.78, 5) is 5.28. The molecule has 0 amide bonds. The third-order valence-corrected chi connectivity index (χ3v) is 6.31. The van der Waals surface area contributed by atoms with Crippen LogP contribution >= 0.6 is 60.1 Å². The van der Waals surface area contributed by atoms with Crippen molar-refractivity contribution in [1.82, 2.24) is 4.98 Å². The summed E-state index contributed by atoms with van der Waals surface area (Å²) >= 11 is 17.5. The monoisotopic (exact) mass is 515 g/mol. The summed E-state index contributed by atoms with van der Waals surface area (Å²) in [5, 5.41) is 11.6. The van der Waals surface area contributed by atoms with Crippen LogP contribution in [0.5, 0.6) is 5.75 Å². The largest absolute Gasteiger partial charge is 0.486 e. The first kappa shape index (κ1) is 21.9. The van der Waals surface area contributed by atoms with Crippen LogP contribution in [0.4, 0.5) is 0 Å². The average Bonchev–Trinajstić information content (AvgIpc) is 2.67. The topological polar surface area (TPSA) is 42.4 Å². The van der Waals surface area contributed by atoms with Crippen LogP contribution in [-0.4, -0.2) is 15.6 Å². The van der Waals surface area contributed by atoms with Crippen LogP contribution in [0.1, 0.15) is 22.9 Å². The van der Waals surface area contributed by atoms with Crippen molar-refractivity contribution >= 4 is 60.1 Å². The summed E-state index contributed by atoms with van der Waals surface area (Å²) in [5.74, 6) is 0.667. The predicted octanol–water partition coefficient (Wildman–Crippen LogP) is 6.74. The zero-order chi connectivity index (χ0) is 20.1. The number of thioether (sulfide) groups is 1. The van der Waals surface area contributed by atoms with Crippen LogP contribution < -0.4 is 4.74 Å². The summed E-state index contributed by atoms with van der Waals surface area (Å²) in [6, 6.07) is 15.1. The molecule has 3 rings (SSSR count). The number of aliphatic hydroxyl groups excluding tert-OH is 1. The molecule has 0 radical (unpaired) electrons. The molecule has 0 aliphatic heterocycles. The molecule has 2 aromatic carbocycles. The van der Waals surface area contributed by atoms with Gasteiger partial charge in [0, 0.05) is 25.6 Å². The lowest BCUT2D eigenvalue weighted by Gasteiger charge is -2.17. The first-order valence-corrected chi connectivity index (χ1v) is 11.7. The van der Waals surface area contributed by atoms with E-state index >= 15 is 0 Å². The Morgan fingerprint density at radius 3 is 2.46 bits per heavy atom. The molecule has 0 saturated heterocycles. The smallest absolute Gasteiger partial charge is 0.151 e. The molecular formula is C20H17BrCl2NO2PS. The van der Waals surface area contributed by atoms with Gasteiger partial charge in [0.1, 0.15) is 12.7 Å². The van der Waals surface area contributed by atoms with Gasteiger partial charge in [-0.15, -0.1) is 21.0 Å². The number of pyridine rings is 1. The Labute approximate surface area is 189 Å². The fraction of sp³-hybridized carbons (Fsp3) is 0.150. The van der Waals surface area contributed by atoms with E-state index in [-0.39, 0.29) is 0 Å². The van der Waals surface area contributed by atoms with E-state index in [4.69, 9.17) is 27.9 Å². The second-order valence-electron chi connectivity index (χ2n) is 5.83. The van der Waals surface area contributed by atoms with E-state index in [1.54, 1.807) is 30.1 Å². The number of halogens is 3. The van der Waals surface area contributed by atoms with Crippen molar-refractivity contribution < 1.29 is 9.84 Å². The lowest BCUT2D eigenvalue weighted by molar-refractivity contribution is 0.214. The van der Waals surface area contributed by atoms with Crippen LogP contribution in [-0.2, 0) is 6.61 Å². The van der Waals surface area contributed by atoms with Gasteiger partial charge < -0.3 is 9.84 Å². The van der Waals surface area contributed by atoms with E-state index < -0.39 is 6.10 Å². The quantitative estimate of drug-likeness (QED) is 0.279. The van der Waals surface area contributed by atoms with Crippen molar-refractivity contribution in [3.05, 3.63) is 86.1 Å². The number of rotatable bonds is 7. The van der Waals surface area contributed by atoms with E-state index in [0.29, 0.717) is 33.7 Å². The van der Waals surface area contributed by atoms with Crippen molar-refractivity contribution in [1.29, 1.82) is 0 Å². The molecule has 3 aromatic rings. The zero-order valence-corrected chi connectivity index (χ0v) is 19.7. The third-order valence-electron chi connectivity index (χ3n) is 3.93. The van der Waals surface area contributed by atoms with Crippen LogP contribution in [0, 0.1) is 0 Å². The van der Waals surface area contributed by atoms with Gasteiger partial charge in [-0.05, 0) is 23.8 Å². The minimum Gasteiger partial charge on any atom is -0.486 e. The summed E-state index contributed by atoms with van der Waals surface area (Å²) in [5.41, 5.74) is 2.74. The number of ether oxygens (including phenoxy) is 1. The number of hydrogen-bond donors (Lipinski definition) is 1. The first-order chi connectivity index (χ1) is 13.5. The SMILES string of the molecule is OC(c1cc(SCP)c(OCc2ccccc2)cn1)c1c(Cl)cc(Br)cc1Cl. The Balaban J connectivity index is 1.88. The molecule has 0 spiro atoms. The highest BCUT2D eigenvalue weighted by Gasteiger charge is 2.21. The molecule has 1 aromatic heterocycles. The summed E-state index contributed by atoms with van der Waals surface area (Å²) in [6.45, 7) is 0.444. The molecule has 3 nitrogen and oxygen atoms in total. The van der Waals surface area contributed by atoms with Gasteiger partial charge in [0.2, 0.25) is 0 Å². The fourth-order valence-corrected chi connectivity index (χ4v) is 5.19. The molecule has 0 aliphatic rings. The van der Waals surface area contributed by atoms with Crippen molar-refractivity contribution in [2.24, 2.45) is 0 Å². The lowest BCUT2D eigenvalue weighted by atomic mass is 10.1. The third kappa shape index (κ3) is 5.41. The molecule has 0 fully saturated rings. The Bertz CT molecular complexity index is 939. The molecule has 0 saturated carbocycles. The molecular weight excluding hydrogens is 500 g/mol. The molecule has 28 heavy (non-hydrogen) atoms. The number of benzene rings is 2. The Morgan fingerprint density at radius 1 is 1.14 bits per heavy atom. The van der Waals surface area contributed by atoms with Crippen molar-refractivity contribution in [2.45, 2.75) is 17.6 Å². The predicted molar refractivity (Wildman–Crippen MR) is 124 cm³/mol. The molecule has 0 aliphatic carbocycles. The molecule has 2 atom stereocenters. The summed E-state index contributed by atoms with van der Waals surface area (Å²) < 4.78 is 6.69. The number of aromatic nitrogens is 1. The van der Waals surface area contributed by atoms with Gasteiger partial charge in [-0.2, -0.15) is 0 Å². The highest BCUT2D eigenvalue weighted by Crippen LogP contribution is 2.38.